The van der Waals surface area contributed by atoms with Crippen molar-refractivity contribution in [1.82, 2.24) is 0 Å². The van der Waals surface area contributed by atoms with Gasteiger partial charge < -0.3 is 9.53 Å². The van der Waals surface area contributed by atoms with Gasteiger partial charge >= 0.3 is 0 Å². The Balaban J connectivity index is 1.84. The van der Waals surface area contributed by atoms with Crippen molar-refractivity contribution >= 4 is 18.7 Å². The van der Waals surface area contributed by atoms with Crippen molar-refractivity contribution in [2.75, 3.05) is 0 Å². The van der Waals surface area contributed by atoms with E-state index in [1.807, 2.05) is 48.6 Å². The highest BCUT2D eigenvalue weighted by Gasteiger charge is 2.51. The average Bonchev–Trinajstić information content (AvgIpc) is 2.83. The van der Waals surface area contributed by atoms with Crippen LogP contribution in [0, 0.1) is 23.7 Å². The molecule has 0 saturated heterocycles. The van der Waals surface area contributed by atoms with Gasteiger partial charge in [-0.25, -0.2) is 0 Å². The van der Waals surface area contributed by atoms with E-state index >= 15 is 0 Å². The Bertz CT molecular complexity index is 1210. The normalized spacial score (nSPS) is 18.7. The number of benzene rings is 3. The summed E-state index contributed by atoms with van der Waals surface area (Å²) in [5, 5.41) is 13.0. The number of hydrogen-bond acceptors (Lipinski definition) is 2. The van der Waals surface area contributed by atoms with E-state index in [4.69, 9.17) is 4.43 Å². The minimum atomic E-state index is -2.78. The third kappa shape index (κ3) is 4.72. The Morgan fingerprint density at radius 1 is 0.788 bits per heavy atom. The molecule has 164 valence electrons. The molecule has 0 bridgehead atoms. The van der Waals surface area contributed by atoms with Crippen molar-refractivity contribution in [3.63, 3.8) is 0 Å². The summed E-state index contributed by atoms with van der Waals surface area (Å²) in [7, 11) is -2.78. The highest BCUT2D eigenvalue weighted by molar-refractivity contribution is 6.99. The number of allylic oxidation sites excluding steroid dienone is 1. The van der Waals surface area contributed by atoms with Crippen LogP contribution in [0.2, 0.25) is 5.04 Å². The van der Waals surface area contributed by atoms with E-state index in [2.05, 4.69) is 93.0 Å². The first kappa shape index (κ1) is 22.8. The third-order valence-corrected chi connectivity index (χ3v) is 10.9. The predicted octanol–water partition coefficient (Wildman–Crippen LogP) is 4.59. The number of fused-ring (bicyclic) bond motifs is 1. The second-order valence-electron chi connectivity index (χ2n) is 9.11. The smallest absolute Gasteiger partial charge is 0.263 e. The first-order valence-electron chi connectivity index (χ1n) is 11.2. The molecule has 33 heavy (non-hydrogen) atoms. The maximum absolute atomic E-state index is 10.8. The molecule has 1 aliphatic carbocycles. The van der Waals surface area contributed by atoms with Gasteiger partial charge in [0, 0.05) is 11.1 Å². The van der Waals surface area contributed by atoms with Crippen LogP contribution in [0.1, 0.15) is 38.0 Å². The molecular formula is C30H28O2Si. The maximum Gasteiger partial charge on any atom is 0.263 e. The van der Waals surface area contributed by atoms with E-state index in [9.17, 15) is 5.11 Å². The van der Waals surface area contributed by atoms with Gasteiger partial charge in [-0.2, -0.15) is 0 Å². The van der Waals surface area contributed by atoms with Crippen molar-refractivity contribution in [3.05, 3.63) is 108 Å². The zero-order valence-corrected chi connectivity index (χ0v) is 20.2. The molecule has 0 spiro atoms. The van der Waals surface area contributed by atoms with Crippen LogP contribution in [0.25, 0.3) is 0 Å². The van der Waals surface area contributed by atoms with E-state index in [-0.39, 0.29) is 5.04 Å². The molecule has 0 aromatic heterocycles. The van der Waals surface area contributed by atoms with Gasteiger partial charge in [-0.15, -0.1) is 0 Å². The van der Waals surface area contributed by atoms with Crippen LogP contribution in [0.3, 0.4) is 0 Å². The zero-order chi connectivity index (χ0) is 23.3. The minimum Gasteiger partial charge on any atom is -0.390 e. The van der Waals surface area contributed by atoms with E-state index in [1.54, 1.807) is 0 Å². The van der Waals surface area contributed by atoms with E-state index in [0.29, 0.717) is 0 Å². The summed E-state index contributed by atoms with van der Waals surface area (Å²) in [6, 6.07) is 28.5. The van der Waals surface area contributed by atoms with Crippen molar-refractivity contribution in [2.24, 2.45) is 0 Å². The molecule has 0 radical (unpaired) electrons. The Kier molecular flexibility index (Phi) is 6.68. The summed E-state index contributed by atoms with van der Waals surface area (Å²) >= 11 is 0. The Labute approximate surface area is 198 Å². The fourth-order valence-corrected chi connectivity index (χ4v) is 8.87. The van der Waals surface area contributed by atoms with Gasteiger partial charge in [-0.1, -0.05) is 123 Å². The predicted molar refractivity (Wildman–Crippen MR) is 138 cm³/mol. The molecular weight excluding hydrogens is 420 g/mol. The maximum atomic E-state index is 10.8. The topological polar surface area (TPSA) is 29.5 Å². The number of hydrogen-bond donors (Lipinski definition) is 1. The summed E-state index contributed by atoms with van der Waals surface area (Å²) in [6.07, 6.45) is 2.28. The fourth-order valence-electron chi connectivity index (χ4n) is 4.34. The van der Waals surface area contributed by atoms with Gasteiger partial charge in [-0.3, -0.25) is 0 Å². The summed E-state index contributed by atoms with van der Waals surface area (Å²) < 4.78 is 7.08. The van der Waals surface area contributed by atoms with Gasteiger partial charge in [0.2, 0.25) is 0 Å². The lowest BCUT2D eigenvalue weighted by atomic mass is 10.0. The molecule has 3 heteroatoms. The standard InChI is InChI=1S/C30H28O2Si/c1-30(2,3)33(26-17-6-4-7-18-26,27-19-8-5-9-20-27)32-25-16-12-10-14-24-15-11-13-21-28(24)29(31)23-22-25/h4-9,11-13,15-21,25,29,31H,1-3H3/b16-12-. The highest BCUT2D eigenvalue weighted by Crippen LogP contribution is 2.37. The largest absolute Gasteiger partial charge is 0.390 e. The molecule has 4 rings (SSSR count). The number of aliphatic hydroxyl groups is 1. The molecule has 2 unspecified atom stereocenters. The molecule has 0 saturated carbocycles. The third-order valence-electron chi connectivity index (χ3n) is 5.90. The average molecular weight is 449 g/mol. The van der Waals surface area contributed by atoms with Crippen molar-refractivity contribution in [1.29, 1.82) is 0 Å². The lowest BCUT2D eigenvalue weighted by molar-refractivity contribution is 0.236. The van der Waals surface area contributed by atoms with Crippen LogP contribution < -0.4 is 10.4 Å². The van der Waals surface area contributed by atoms with Gasteiger partial charge in [0.1, 0.15) is 12.2 Å². The molecule has 0 amide bonds. The minimum absolute atomic E-state index is 0.169. The fraction of sp³-hybridized carbons (Fsp3) is 0.200. The summed E-state index contributed by atoms with van der Waals surface area (Å²) in [5.74, 6) is 12.4. The van der Waals surface area contributed by atoms with Crippen LogP contribution in [-0.2, 0) is 4.43 Å². The van der Waals surface area contributed by atoms with E-state index < -0.39 is 20.5 Å². The quantitative estimate of drug-likeness (QED) is 0.467. The lowest BCUT2D eigenvalue weighted by Gasteiger charge is -2.44. The van der Waals surface area contributed by atoms with Gasteiger partial charge in [0.05, 0.1) is 0 Å². The summed E-state index contributed by atoms with van der Waals surface area (Å²) in [6.45, 7) is 6.71. The molecule has 3 aromatic carbocycles. The van der Waals surface area contributed by atoms with Crippen LogP contribution in [0.4, 0.5) is 0 Å². The Hall–Kier alpha value is -3.34. The van der Waals surface area contributed by atoms with Crippen molar-refractivity contribution in [2.45, 2.75) is 38.0 Å². The molecule has 0 heterocycles. The van der Waals surface area contributed by atoms with Gasteiger partial charge in [-0.05, 0) is 33.6 Å². The molecule has 0 fully saturated rings. The molecule has 2 nitrogen and oxygen atoms in total. The first-order chi connectivity index (χ1) is 15.9. The van der Waals surface area contributed by atoms with Gasteiger partial charge in [0.15, 0.2) is 0 Å². The molecule has 1 aliphatic rings. The van der Waals surface area contributed by atoms with Crippen LogP contribution in [0.5, 0.6) is 0 Å². The monoisotopic (exact) mass is 448 g/mol. The second-order valence-corrected chi connectivity index (χ2v) is 13.4. The van der Waals surface area contributed by atoms with Crippen molar-refractivity contribution < 1.29 is 9.53 Å². The van der Waals surface area contributed by atoms with Gasteiger partial charge in [0.25, 0.3) is 8.32 Å². The molecule has 2 atom stereocenters. The van der Waals surface area contributed by atoms with Crippen LogP contribution >= 0.6 is 0 Å². The van der Waals surface area contributed by atoms with E-state index in [1.165, 1.54) is 10.4 Å². The lowest BCUT2D eigenvalue weighted by Crippen LogP contribution is -2.67. The van der Waals surface area contributed by atoms with Crippen LogP contribution in [-0.4, -0.2) is 19.5 Å². The summed E-state index contributed by atoms with van der Waals surface area (Å²) in [5.41, 5.74) is 1.51. The Morgan fingerprint density at radius 2 is 1.36 bits per heavy atom. The zero-order valence-electron chi connectivity index (χ0n) is 19.2. The first-order valence-corrected chi connectivity index (χ1v) is 13.1. The van der Waals surface area contributed by atoms with Crippen LogP contribution in [0.15, 0.2) is 97.1 Å². The summed E-state index contributed by atoms with van der Waals surface area (Å²) in [4.78, 5) is 0. The Morgan fingerprint density at radius 3 is 1.97 bits per heavy atom. The number of rotatable bonds is 4. The van der Waals surface area contributed by atoms with Crippen molar-refractivity contribution in [3.8, 4) is 23.7 Å². The molecule has 1 N–H and O–H groups in total. The SMILES string of the molecule is CC(C)(C)[Si](OC1C#CC(O)c2ccccc2C#C/C=C\1)(c1ccccc1)c1ccccc1. The number of aliphatic hydroxyl groups excluding tert-OH is 1. The second kappa shape index (κ2) is 9.65. The van der Waals surface area contributed by atoms with E-state index in [0.717, 1.165) is 11.1 Å². The highest BCUT2D eigenvalue weighted by atomic mass is 28.4. The molecule has 3 aromatic rings. The molecule has 0 aliphatic heterocycles.